The minimum Gasteiger partial charge on any atom is -0.388 e. The normalized spacial score (nSPS) is 45.8. The van der Waals surface area contributed by atoms with Gasteiger partial charge in [0.05, 0.1) is 12.7 Å². The van der Waals surface area contributed by atoms with Crippen molar-refractivity contribution in [1.82, 2.24) is 0 Å². The van der Waals surface area contributed by atoms with Crippen molar-refractivity contribution in [2.24, 2.45) is 5.73 Å². The van der Waals surface area contributed by atoms with E-state index in [1.54, 1.807) is 0 Å². The highest BCUT2D eigenvalue weighted by molar-refractivity contribution is 4.86. The van der Waals surface area contributed by atoms with Crippen LogP contribution in [0.15, 0.2) is 0 Å². The molecule has 1 rings (SSSR count). The zero-order chi connectivity index (χ0) is 8.43. The van der Waals surface area contributed by atoms with Crippen LogP contribution in [0.4, 0.5) is 0 Å². The van der Waals surface area contributed by atoms with Crippen molar-refractivity contribution in [1.29, 1.82) is 0 Å². The number of hydrogen-bond acceptors (Lipinski definition) is 5. The first-order valence-corrected chi connectivity index (χ1v) is 3.52. The molecule has 1 saturated heterocycles. The maximum Gasteiger partial charge on any atom is 0.111 e. The van der Waals surface area contributed by atoms with Crippen molar-refractivity contribution in [2.45, 2.75) is 24.4 Å². The molecule has 0 bridgehead atoms. The van der Waals surface area contributed by atoms with E-state index in [2.05, 4.69) is 0 Å². The first kappa shape index (κ1) is 8.89. The van der Waals surface area contributed by atoms with Crippen LogP contribution in [0.1, 0.15) is 0 Å². The second-order valence-corrected chi connectivity index (χ2v) is 2.66. The fraction of sp³-hybridized carbons (Fsp3) is 1.00. The van der Waals surface area contributed by atoms with E-state index in [-0.39, 0.29) is 13.2 Å². The van der Waals surface area contributed by atoms with Crippen LogP contribution in [-0.2, 0) is 4.74 Å². The molecule has 1 aliphatic rings. The lowest BCUT2D eigenvalue weighted by Gasteiger charge is -2.34. The Morgan fingerprint density at radius 2 is 1.91 bits per heavy atom. The van der Waals surface area contributed by atoms with Gasteiger partial charge in [0, 0.05) is 6.54 Å². The molecule has 4 atom stereocenters. The Morgan fingerprint density at radius 3 is 2.45 bits per heavy atom. The largest absolute Gasteiger partial charge is 0.388 e. The Kier molecular flexibility index (Phi) is 2.80. The van der Waals surface area contributed by atoms with Gasteiger partial charge in [0.2, 0.25) is 0 Å². The third kappa shape index (κ3) is 1.69. The number of hydrogen-bond donors (Lipinski definition) is 4. The van der Waals surface area contributed by atoms with Gasteiger partial charge in [0.25, 0.3) is 0 Å². The molecule has 1 heterocycles. The number of nitrogens with two attached hydrogens (primary N) is 1. The first-order chi connectivity index (χ1) is 5.16. The van der Waals surface area contributed by atoms with Crippen molar-refractivity contribution >= 4 is 0 Å². The molecular formula is C6H13NO4. The van der Waals surface area contributed by atoms with Crippen molar-refractivity contribution in [2.75, 3.05) is 13.2 Å². The highest BCUT2D eigenvalue weighted by Gasteiger charge is 2.36. The van der Waals surface area contributed by atoms with Gasteiger partial charge < -0.3 is 25.8 Å². The van der Waals surface area contributed by atoms with Gasteiger partial charge in [-0.2, -0.15) is 0 Å². The lowest BCUT2D eigenvalue weighted by atomic mass is 10.0. The molecular weight excluding hydrogens is 150 g/mol. The zero-order valence-electron chi connectivity index (χ0n) is 6.05. The summed E-state index contributed by atoms with van der Waals surface area (Å²) < 4.78 is 4.94. The van der Waals surface area contributed by atoms with Crippen LogP contribution in [0.25, 0.3) is 0 Å². The fourth-order valence-electron chi connectivity index (χ4n) is 1.07. The summed E-state index contributed by atoms with van der Waals surface area (Å²) >= 11 is 0. The minimum absolute atomic E-state index is 0.0279. The monoisotopic (exact) mass is 163 g/mol. The minimum atomic E-state index is -1.14. The SMILES string of the molecule is NC[C@@H]1OC[C@@H](O)[C@H](O)[C@H]1O. The predicted molar refractivity (Wildman–Crippen MR) is 36.8 cm³/mol. The zero-order valence-corrected chi connectivity index (χ0v) is 6.05. The van der Waals surface area contributed by atoms with E-state index in [9.17, 15) is 5.11 Å². The van der Waals surface area contributed by atoms with Gasteiger partial charge in [-0.1, -0.05) is 0 Å². The third-order valence-electron chi connectivity index (χ3n) is 1.84. The van der Waals surface area contributed by atoms with E-state index < -0.39 is 24.4 Å². The second kappa shape index (κ2) is 3.46. The van der Waals surface area contributed by atoms with Crippen molar-refractivity contribution < 1.29 is 20.1 Å². The molecule has 66 valence electrons. The van der Waals surface area contributed by atoms with Crippen LogP contribution in [0.5, 0.6) is 0 Å². The van der Waals surface area contributed by atoms with Crippen LogP contribution in [0.2, 0.25) is 0 Å². The highest BCUT2D eigenvalue weighted by atomic mass is 16.5. The summed E-state index contributed by atoms with van der Waals surface area (Å²) in [6.07, 6.45) is -3.79. The van der Waals surface area contributed by atoms with Gasteiger partial charge >= 0.3 is 0 Å². The summed E-state index contributed by atoms with van der Waals surface area (Å²) in [7, 11) is 0. The maximum atomic E-state index is 9.19. The van der Waals surface area contributed by atoms with Gasteiger partial charge in [-0.05, 0) is 0 Å². The summed E-state index contributed by atoms with van der Waals surface area (Å²) in [5.74, 6) is 0. The van der Waals surface area contributed by atoms with Gasteiger partial charge in [0.1, 0.15) is 18.3 Å². The topological polar surface area (TPSA) is 95.9 Å². The van der Waals surface area contributed by atoms with Crippen LogP contribution < -0.4 is 5.73 Å². The first-order valence-electron chi connectivity index (χ1n) is 3.52. The Hall–Kier alpha value is -0.200. The standard InChI is InChI=1S/C6H13NO4/c7-1-4-6(10)5(9)3(8)2-11-4/h3-6,8-10H,1-2,7H2/t3-,4+,5+,6+/m1/s1. The van der Waals surface area contributed by atoms with Gasteiger partial charge in [-0.3, -0.25) is 0 Å². The highest BCUT2D eigenvalue weighted by Crippen LogP contribution is 2.14. The third-order valence-corrected chi connectivity index (χ3v) is 1.84. The molecule has 11 heavy (non-hydrogen) atoms. The average Bonchev–Trinajstić information content (AvgIpc) is 2.01. The molecule has 1 fully saturated rings. The van der Waals surface area contributed by atoms with Crippen LogP contribution in [0, 0.1) is 0 Å². The predicted octanol–water partition coefficient (Wildman–Crippen LogP) is -2.57. The number of ether oxygens (including phenoxy) is 1. The summed E-state index contributed by atoms with van der Waals surface area (Å²) in [5, 5.41) is 27.3. The van der Waals surface area contributed by atoms with E-state index >= 15 is 0 Å². The molecule has 0 aromatic heterocycles. The molecule has 0 amide bonds. The van der Waals surface area contributed by atoms with Gasteiger partial charge in [-0.25, -0.2) is 0 Å². The molecule has 5 nitrogen and oxygen atoms in total. The molecule has 0 radical (unpaired) electrons. The van der Waals surface area contributed by atoms with E-state index in [0.717, 1.165) is 0 Å². The molecule has 0 spiro atoms. The molecule has 0 unspecified atom stereocenters. The Balaban J connectivity index is 2.52. The molecule has 0 saturated carbocycles. The lowest BCUT2D eigenvalue weighted by Crippen LogP contribution is -2.55. The van der Waals surface area contributed by atoms with Gasteiger partial charge in [-0.15, -0.1) is 0 Å². The molecule has 5 heteroatoms. The van der Waals surface area contributed by atoms with E-state index in [1.807, 2.05) is 0 Å². The van der Waals surface area contributed by atoms with Crippen molar-refractivity contribution in [3.8, 4) is 0 Å². The number of aliphatic hydroxyl groups excluding tert-OH is 3. The molecule has 0 aliphatic carbocycles. The van der Waals surface area contributed by atoms with Crippen LogP contribution in [-0.4, -0.2) is 52.9 Å². The number of rotatable bonds is 1. The summed E-state index contributed by atoms with van der Waals surface area (Å²) in [4.78, 5) is 0. The van der Waals surface area contributed by atoms with Crippen LogP contribution >= 0.6 is 0 Å². The van der Waals surface area contributed by atoms with E-state index in [4.69, 9.17) is 20.7 Å². The Labute approximate surface area is 64.4 Å². The van der Waals surface area contributed by atoms with Gasteiger partial charge in [0.15, 0.2) is 0 Å². The maximum absolute atomic E-state index is 9.19. The van der Waals surface area contributed by atoms with E-state index in [1.165, 1.54) is 0 Å². The Morgan fingerprint density at radius 1 is 1.27 bits per heavy atom. The summed E-state index contributed by atoms with van der Waals surface area (Å²) in [5.41, 5.74) is 5.22. The van der Waals surface area contributed by atoms with Crippen molar-refractivity contribution in [3.05, 3.63) is 0 Å². The fourth-order valence-corrected chi connectivity index (χ4v) is 1.07. The molecule has 1 aliphatic heterocycles. The quantitative estimate of drug-likeness (QED) is 0.340. The Bertz CT molecular complexity index is 130. The average molecular weight is 163 g/mol. The summed E-state index contributed by atoms with van der Waals surface area (Å²) in [6, 6.07) is 0. The number of aliphatic hydroxyl groups is 3. The smallest absolute Gasteiger partial charge is 0.111 e. The molecule has 0 aromatic rings. The molecule has 5 N–H and O–H groups in total. The lowest BCUT2D eigenvalue weighted by molar-refractivity contribution is -0.183. The molecule has 0 aromatic carbocycles. The van der Waals surface area contributed by atoms with E-state index in [0.29, 0.717) is 0 Å². The van der Waals surface area contributed by atoms with Crippen molar-refractivity contribution in [3.63, 3.8) is 0 Å². The van der Waals surface area contributed by atoms with Crippen LogP contribution in [0.3, 0.4) is 0 Å². The second-order valence-electron chi connectivity index (χ2n) is 2.66. The summed E-state index contributed by atoms with van der Waals surface area (Å²) in [6.45, 7) is 0.172.